The highest BCUT2D eigenvalue weighted by Crippen LogP contribution is 2.32. The molecule has 0 radical (unpaired) electrons. The van der Waals surface area contributed by atoms with Crippen molar-refractivity contribution < 1.29 is 4.79 Å². The summed E-state index contributed by atoms with van der Waals surface area (Å²) in [7, 11) is 2.23. The lowest BCUT2D eigenvalue weighted by Gasteiger charge is -2.47. The molecule has 2 bridgehead atoms. The third-order valence-electron chi connectivity index (χ3n) is 4.96. The van der Waals surface area contributed by atoms with Crippen LogP contribution in [0, 0.1) is 0 Å². The molecule has 19 heavy (non-hydrogen) atoms. The normalized spacial score (nSPS) is 34.6. The van der Waals surface area contributed by atoms with Crippen LogP contribution in [0.5, 0.6) is 0 Å². The fourth-order valence-electron chi connectivity index (χ4n) is 3.72. The first-order valence-corrected chi connectivity index (χ1v) is 7.76. The number of hydrogen-bond donors (Lipinski definition) is 2. The van der Waals surface area contributed by atoms with E-state index in [0.29, 0.717) is 18.1 Å². The summed E-state index contributed by atoms with van der Waals surface area (Å²) in [6, 6.07) is 1.61. The molecule has 2 saturated heterocycles. The second-order valence-electron chi connectivity index (χ2n) is 6.71. The third-order valence-corrected chi connectivity index (χ3v) is 4.96. The van der Waals surface area contributed by atoms with Gasteiger partial charge in [-0.2, -0.15) is 0 Å². The smallest absolute Gasteiger partial charge is 0.240 e. The molecule has 2 fully saturated rings. The average Bonchev–Trinajstić information content (AvgIpc) is 2.30. The van der Waals surface area contributed by atoms with Crippen LogP contribution in [0.2, 0.25) is 0 Å². The zero-order valence-corrected chi connectivity index (χ0v) is 12.6. The standard InChI is InChI=1S/C15H29N3O/c1-4-8-15(2,16)14(19)17-11-9-12-6-5-7-13(10-11)18(12)3/h11-13H,4-10,16H2,1-3H3,(H,17,19). The number of amides is 1. The first-order chi connectivity index (χ1) is 8.94. The molecule has 0 aromatic carbocycles. The van der Waals surface area contributed by atoms with E-state index in [4.69, 9.17) is 5.73 Å². The van der Waals surface area contributed by atoms with Crippen LogP contribution < -0.4 is 11.1 Å². The van der Waals surface area contributed by atoms with Gasteiger partial charge >= 0.3 is 0 Å². The van der Waals surface area contributed by atoms with Gasteiger partial charge in [0.1, 0.15) is 0 Å². The van der Waals surface area contributed by atoms with Gasteiger partial charge in [-0.15, -0.1) is 0 Å². The second kappa shape index (κ2) is 5.80. The first-order valence-electron chi connectivity index (χ1n) is 7.76. The highest BCUT2D eigenvalue weighted by Gasteiger charge is 2.38. The molecule has 1 amide bonds. The predicted octanol–water partition coefficient (Wildman–Crippen LogP) is 1.64. The van der Waals surface area contributed by atoms with Gasteiger partial charge in [-0.1, -0.05) is 19.8 Å². The molecule has 110 valence electrons. The van der Waals surface area contributed by atoms with Crippen LogP contribution in [-0.2, 0) is 4.79 Å². The van der Waals surface area contributed by atoms with Crippen molar-refractivity contribution in [2.24, 2.45) is 5.73 Å². The highest BCUT2D eigenvalue weighted by atomic mass is 16.2. The van der Waals surface area contributed by atoms with Gasteiger partial charge in [-0.3, -0.25) is 4.79 Å². The van der Waals surface area contributed by atoms with Gasteiger partial charge in [0.2, 0.25) is 5.91 Å². The fraction of sp³-hybridized carbons (Fsp3) is 0.933. The summed E-state index contributed by atoms with van der Waals surface area (Å²) in [6.45, 7) is 3.92. The molecule has 3 atom stereocenters. The molecular weight excluding hydrogens is 238 g/mol. The zero-order chi connectivity index (χ0) is 14.0. The van der Waals surface area contributed by atoms with Crippen molar-refractivity contribution >= 4 is 5.91 Å². The Labute approximate surface area is 117 Å². The largest absolute Gasteiger partial charge is 0.352 e. The van der Waals surface area contributed by atoms with Crippen molar-refractivity contribution in [3.63, 3.8) is 0 Å². The Morgan fingerprint density at radius 3 is 2.47 bits per heavy atom. The molecule has 4 nitrogen and oxygen atoms in total. The van der Waals surface area contributed by atoms with Gasteiger partial charge in [0.15, 0.2) is 0 Å². The van der Waals surface area contributed by atoms with Crippen LogP contribution >= 0.6 is 0 Å². The number of nitrogens with two attached hydrogens (primary N) is 1. The van der Waals surface area contributed by atoms with Gasteiger partial charge in [0, 0.05) is 18.1 Å². The lowest BCUT2D eigenvalue weighted by Crippen LogP contribution is -2.59. The summed E-state index contributed by atoms with van der Waals surface area (Å²) in [5, 5.41) is 3.20. The van der Waals surface area contributed by atoms with Crippen LogP contribution in [-0.4, -0.2) is 41.5 Å². The molecule has 2 aliphatic heterocycles. The van der Waals surface area contributed by atoms with E-state index >= 15 is 0 Å². The Bertz CT molecular complexity index is 315. The minimum Gasteiger partial charge on any atom is -0.352 e. The molecule has 3 N–H and O–H groups in total. The molecule has 0 aliphatic carbocycles. The van der Waals surface area contributed by atoms with Crippen LogP contribution in [0.4, 0.5) is 0 Å². The van der Waals surface area contributed by atoms with Gasteiger partial charge in [0.05, 0.1) is 5.54 Å². The minimum atomic E-state index is -0.715. The third kappa shape index (κ3) is 3.29. The van der Waals surface area contributed by atoms with E-state index in [-0.39, 0.29) is 5.91 Å². The average molecular weight is 267 g/mol. The van der Waals surface area contributed by atoms with E-state index in [9.17, 15) is 4.79 Å². The highest BCUT2D eigenvalue weighted by molar-refractivity contribution is 5.85. The summed E-state index contributed by atoms with van der Waals surface area (Å²) in [5.41, 5.74) is 5.39. The molecule has 0 aromatic rings. The molecule has 2 aliphatic rings. The van der Waals surface area contributed by atoms with Crippen LogP contribution in [0.3, 0.4) is 0 Å². The van der Waals surface area contributed by atoms with Crippen LogP contribution in [0.25, 0.3) is 0 Å². The molecule has 2 heterocycles. The quantitative estimate of drug-likeness (QED) is 0.814. The van der Waals surface area contributed by atoms with Crippen molar-refractivity contribution in [3.8, 4) is 0 Å². The molecule has 2 rings (SSSR count). The Hall–Kier alpha value is -0.610. The van der Waals surface area contributed by atoms with Crippen molar-refractivity contribution in [2.75, 3.05) is 7.05 Å². The molecule has 3 unspecified atom stereocenters. The van der Waals surface area contributed by atoms with E-state index in [1.807, 2.05) is 6.92 Å². The van der Waals surface area contributed by atoms with Gasteiger partial charge in [0.25, 0.3) is 0 Å². The molecule has 4 heteroatoms. The van der Waals surface area contributed by atoms with Gasteiger partial charge < -0.3 is 16.0 Å². The van der Waals surface area contributed by atoms with Crippen LogP contribution in [0.15, 0.2) is 0 Å². The first kappa shape index (κ1) is 14.8. The number of hydrogen-bond acceptors (Lipinski definition) is 3. The number of nitrogens with one attached hydrogen (secondary N) is 1. The van der Waals surface area contributed by atoms with Crippen molar-refractivity contribution in [3.05, 3.63) is 0 Å². The molecule has 0 spiro atoms. The Morgan fingerprint density at radius 1 is 1.37 bits per heavy atom. The predicted molar refractivity (Wildman–Crippen MR) is 77.9 cm³/mol. The summed E-state index contributed by atoms with van der Waals surface area (Å²) in [4.78, 5) is 14.8. The van der Waals surface area contributed by atoms with Gasteiger partial charge in [-0.25, -0.2) is 0 Å². The summed E-state index contributed by atoms with van der Waals surface area (Å²) in [6.07, 6.45) is 7.74. The lowest BCUT2D eigenvalue weighted by molar-refractivity contribution is -0.127. The number of nitrogens with zero attached hydrogens (tertiary/aromatic N) is 1. The molecule has 0 aromatic heterocycles. The maximum Gasteiger partial charge on any atom is 0.240 e. The molecule has 0 saturated carbocycles. The lowest BCUT2D eigenvalue weighted by atomic mass is 9.82. The van der Waals surface area contributed by atoms with E-state index in [0.717, 1.165) is 25.7 Å². The topological polar surface area (TPSA) is 58.4 Å². The fourth-order valence-corrected chi connectivity index (χ4v) is 3.72. The Morgan fingerprint density at radius 2 is 1.95 bits per heavy atom. The number of rotatable bonds is 4. The van der Waals surface area contributed by atoms with Gasteiger partial charge in [-0.05, 0) is 46.1 Å². The molecular formula is C15H29N3O. The summed E-state index contributed by atoms with van der Waals surface area (Å²) < 4.78 is 0. The van der Waals surface area contributed by atoms with E-state index in [1.54, 1.807) is 0 Å². The minimum absolute atomic E-state index is 0.0296. The van der Waals surface area contributed by atoms with Crippen LogP contribution in [0.1, 0.15) is 58.8 Å². The second-order valence-corrected chi connectivity index (χ2v) is 6.71. The van der Waals surface area contributed by atoms with E-state index in [1.165, 1.54) is 19.3 Å². The summed E-state index contributed by atoms with van der Waals surface area (Å²) >= 11 is 0. The van der Waals surface area contributed by atoms with Crippen molar-refractivity contribution in [2.45, 2.75) is 82.5 Å². The number of piperidine rings is 2. The monoisotopic (exact) mass is 267 g/mol. The zero-order valence-electron chi connectivity index (χ0n) is 12.6. The SMILES string of the molecule is CCCC(C)(N)C(=O)NC1CC2CCCC(C1)N2C. The Balaban J connectivity index is 1.92. The van der Waals surface area contributed by atoms with Crippen molar-refractivity contribution in [1.82, 2.24) is 10.2 Å². The number of carbonyl (C=O) groups is 1. The number of carbonyl (C=O) groups excluding carboxylic acids is 1. The Kier molecular flexibility index (Phi) is 4.51. The van der Waals surface area contributed by atoms with E-state index < -0.39 is 5.54 Å². The number of fused-ring (bicyclic) bond motifs is 2. The maximum absolute atomic E-state index is 12.3. The summed E-state index contributed by atoms with van der Waals surface area (Å²) in [5.74, 6) is 0.0296. The van der Waals surface area contributed by atoms with E-state index in [2.05, 4.69) is 24.2 Å². The van der Waals surface area contributed by atoms with Crippen molar-refractivity contribution in [1.29, 1.82) is 0 Å². The maximum atomic E-state index is 12.3.